The van der Waals surface area contributed by atoms with Crippen LogP contribution in [0, 0.1) is 0 Å². The van der Waals surface area contributed by atoms with Crippen LogP contribution in [0.5, 0.6) is 0 Å². The zero-order valence-electron chi connectivity index (χ0n) is 11.1. The summed E-state index contributed by atoms with van der Waals surface area (Å²) < 4.78 is 1.64. The molecular weight excluding hydrogens is 242 g/mol. The molecule has 5 heteroatoms. The first kappa shape index (κ1) is 12.0. The Bertz CT molecular complexity index is 645. The van der Waals surface area contributed by atoms with E-state index in [1.165, 1.54) is 0 Å². The number of hydrogen-bond donors (Lipinski definition) is 1. The summed E-state index contributed by atoms with van der Waals surface area (Å²) in [5.74, 6) is -0.349. The molecule has 2 aromatic rings. The van der Waals surface area contributed by atoms with Crippen LogP contribution in [0.1, 0.15) is 37.2 Å². The number of carboxylic acid groups (broad SMARTS) is 1. The van der Waals surface area contributed by atoms with Gasteiger partial charge in [-0.2, -0.15) is 0 Å². The van der Waals surface area contributed by atoms with Gasteiger partial charge in [0.25, 0.3) is 0 Å². The van der Waals surface area contributed by atoms with E-state index >= 15 is 0 Å². The van der Waals surface area contributed by atoms with Crippen molar-refractivity contribution < 1.29 is 9.90 Å². The predicted octanol–water partition coefficient (Wildman–Crippen LogP) is 2.41. The fraction of sp³-hybridized carbons (Fsp3) is 0.429. The molecule has 1 saturated heterocycles. The lowest BCUT2D eigenvalue weighted by molar-refractivity contribution is 0.0690. The van der Waals surface area contributed by atoms with Gasteiger partial charge in [-0.15, -0.1) is 0 Å². The second-order valence-corrected chi connectivity index (χ2v) is 5.59. The van der Waals surface area contributed by atoms with Crippen molar-refractivity contribution in [3.63, 3.8) is 0 Å². The first-order valence-corrected chi connectivity index (χ1v) is 6.49. The topological polar surface area (TPSA) is 57.8 Å². The maximum atomic E-state index is 11.6. The van der Waals surface area contributed by atoms with Gasteiger partial charge in [0.1, 0.15) is 5.65 Å². The lowest BCUT2D eigenvalue weighted by atomic mass is 10.0. The van der Waals surface area contributed by atoms with Gasteiger partial charge in [-0.3, -0.25) is 4.40 Å². The Hall–Kier alpha value is -2.04. The second-order valence-electron chi connectivity index (χ2n) is 5.59. The summed E-state index contributed by atoms with van der Waals surface area (Å²) in [6.07, 6.45) is 3.87. The van der Waals surface area contributed by atoms with Crippen LogP contribution in [0.15, 0.2) is 24.4 Å². The van der Waals surface area contributed by atoms with Crippen LogP contribution in [0.25, 0.3) is 5.65 Å². The van der Waals surface area contributed by atoms with Crippen molar-refractivity contribution in [2.45, 2.75) is 32.2 Å². The van der Waals surface area contributed by atoms with Gasteiger partial charge in [-0.1, -0.05) is 6.07 Å². The third kappa shape index (κ3) is 1.77. The van der Waals surface area contributed by atoms with Crippen molar-refractivity contribution in [1.29, 1.82) is 0 Å². The lowest BCUT2D eigenvalue weighted by Crippen LogP contribution is -2.39. The van der Waals surface area contributed by atoms with Crippen molar-refractivity contribution in [2.24, 2.45) is 0 Å². The maximum absolute atomic E-state index is 11.6. The monoisotopic (exact) mass is 259 g/mol. The van der Waals surface area contributed by atoms with Crippen LogP contribution in [0.3, 0.4) is 0 Å². The van der Waals surface area contributed by atoms with Crippen LogP contribution in [-0.2, 0) is 0 Å². The standard InChI is InChI=1S/C14H17N3O2/c1-14(2)7-5-9-17(14)12-11(13(18)19)16-8-4-3-6-10(16)15-12/h3-4,6,8H,5,7,9H2,1-2H3,(H,18,19). The van der Waals surface area contributed by atoms with Gasteiger partial charge in [0, 0.05) is 18.3 Å². The molecule has 0 radical (unpaired) electrons. The van der Waals surface area contributed by atoms with Crippen molar-refractivity contribution in [1.82, 2.24) is 9.38 Å². The Kier molecular flexibility index (Phi) is 2.52. The van der Waals surface area contributed by atoms with Gasteiger partial charge in [-0.25, -0.2) is 9.78 Å². The number of imidazole rings is 1. The van der Waals surface area contributed by atoms with Crippen LogP contribution in [-0.4, -0.2) is 32.5 Å². The largest absolute Gasteiger partial charge is 0.476 e. The van der Waals surface area contributed by atoms with Gasteiger partial charge >= 0.3 is 5.97 Å². The van der Waals surface area contributed by atoms with Crippen molar-refractivity contribution in [3.8, 4) is 0 Å². The predicted molar refractivity (Wildman–Crippen MR) is 72.8 cm³/mol. The number of rotatable bonds is 2. The zero-order valence-corrected chi connectivity index (χ0v) is 11.1. The molecule has 2 aromatic heterocycles. The Labute approximate surface area is 111 Å². The van der Waals surface area contributed by atoms with Crippen molar-refractivity contribution in [3.05, 3.63) is 30.1 Å². The average molecular weight is 259 g/mol. The molecule has 3 heterocycles. The maximum Gasteiger partial charge on any atom is 0.356 e. The molecule has 0 bridgehead atoms. The summed E-state index contributed by atoms with van der Waals surface area (Å²) in [5.41, 5.74) is 0.894. The molecule has 1 N–H and O–H groups in total. The second kappa shape index (κ2) is 3.98. The van der Waals surface area contributed by atoms with E-state index in [0.29, 0.717) is 11.5 Å². The zero-order chi connectivity index (χ0) is 13.6. The Morgan fingerprint density at radius 3 is 2.84 bits per heavy atom. The minimum absolute atomic E-state index is 0.0395. The number of fused-ring (bicyclic) bond motifs is 1. The molecule has 0 aromatic carbocycles. The van der Waals surface area contributed by atoms with Gasteiger partial charge in [0.05, 0.1) is 0 Å². The molecule has 0 saturated carbocycles. The quantitative estimate of drug-likeness (QED) is 0.899. The van der Waals surface area contributed by atoms with E-state index in [2.05, 4.69) is 23.7 Å². The molecule has 0 unspecified atom stereocenters. The van der Waals surface area contributed by atoms with E-state index in [1.807, 2.05) is 18.2 Å². The van der Waals surface area contributed by atoms with E-state index in [1.54, 1.807) is 10.6 Å². The molecule has 0 amide bonds. The third-order valence-electron chi connectivity index (χ3n) is 3.87. The highest BCUT2D eigenvalue weighted by molar-refractivity contribution is 5.93. The lowest BCUT2D eigenvalue weighted by Gasteiger charge is -2.32. The molecule has 3 rings (SSSR count). The van der Waals surface area contributed by atoms with Crippen LogP contribution in [0.2, 0.25) is 0 Å². The van der Waals surface area contributed by atoms with E-state index in [-0.39, 0.29) is 11.2 Å². The molecule has 1 fully saturated rings. The van der Waals surface area contributed by atoms with E-state index in [9.17, 15) is 9.90 Å². The Morgan fingerprint density at radius 2 is 2.21 bits per heavy atom. The van der Waals surface area contributed by atoms with E-state index in [0.717, 1.165) is 19.4 Å². The molecule has 1 aliphatic rings. The summed E-state index contributed by atoms with van der Waals surface area (Å²) in [4.78, 5) is 18.2. The molecule has 19 heavy (non-hydrogen) atoms. The molecule has 0 aliphatic carbocycles. The number of hydrogen-bond acceptors (Lipinski definition) is 3. The number of aromatic carboxylic acids is 1. The highest BCUT2D eigenvalue weighted by atomic mass is 16.4. The fourth-order valence-corrected chi connectivity index (χ4v) is 2.87. The van der Waals surface area contributed by atoms with Gasteiger partial charge < -0.3 is 10.0 Å². The summed E-state index contributed by atoms with van der Waals surface area (Å²) in [6.45, 7) is 5.13. The number of anilines is 1. The Balaban J connectivity index is 2.23. The van der Waals surface area contributed by atoms with Crippen LogP contribution >= 0.6 is 0 Å². The number of carboxylic acids is 1. The SMILES string of the molecule is CC1(C)CCCN1c1nc2ccccn2c1C(=O)O. The highest BCUT2D eigenvalue weighted by Crippen LogP contribution is 2.35. The molecule has 5 nitrogen and oxygen atoms in total. The number of pyridine rings is 1. The fourth-order valence-electron chi connectivity index (χ4n) is 2.87. The summed E-state index contributed by atoms with van der Waals surface area (Å²) >= 11 is 0. The van der Waals surface area contributed by atoms with E-state index < -0.39 is 5.97 Å². The summed E-state index contributed by atoms with van der Waals surface area (Å²) in [5, 5.41) is 9.50. The summed E-state index contributed by atoms with van der Waals surface area (Å²) in [7, 11) is 0. The number of carbonyl (C=O) groups is 1. The summed E-state index contributed by atoms with van der Waals surface area (Å²) in [6, 6.07) is 5.52. The van der Waals surface area contributed by atoms with Crippen LogP contribution in [0.4, 0.5) is 5.82 Å². The van der Waals surface area contributed by atoms with Gasteiger partial charge in [0.2, 0.25) is 0 Å². The van der Waals surface area contributed by atoms with Crippen molar-refractivity contribution in [2.75, 3.05) is 11.4 Å². The molecule has 0 spiro atoms. The first-order valence-electron chi connectivity index (χ1n) is 6.49. The van der Waals surface area contributed by atoms with E-state index in [4.69, 9.17) is 0 Å². The van der Waals surface area contributed by atoms with Gasteiger partial charge in [-0.05, 0) is 38.8 Å². The number of aromatic nitrogens is 2. The molecule has 100 valence electrons. The van der Waals surface area contributed by atoms with Gasteiger partial charge in [0.15, 0.2) is 11.5 Å². The first-order chi connectivity index (χ1) is 9.00. The molecule has 1 aliphatic heterocycles. The minimum Gasteiger partial charge on any atom is -0.476 e. The molecule has 0 atom stereocenters. The average Bonchev–Trinajstić information content (AvgIpc) is 2.87. The highest BCUT2D eigenvalue weighted by Gasteiger charge is 2.36. The third-order valence-corrected chi connectivity index (χ3v) is 3.87. The molecular formula is C14H17N3O2. The van der Waals surface area contributed by atoms with Crippen LogP contribution < -0.4 is 4.90 Å². The van der Waals surface area contributed by atoms with Crippen molar-refractivity contribution >= 4 is 17.4 Å². The normalized spacial score (nSPS) is 18.1. The Morgan fingerprint density at radius 1 is 1.42 bits per heavy atom. The smallest absolute Gasteiger partial charge is 0.356 e. The minimum atomic E-state index is -0.934. The number of nitrogens with zero attached hydrogens (tertiary/aromatic N) is 3.